The molecule has 0 fully saturated rings. The smallest absolute Gasteiger partial charge is 0.255 e. The number of aryl methyl sites for hydroxylation is 4. The molecule has 2 N–H and O–H groups in total. The van der Waals surface area contributed by atoms with E-state index < -0.39 is 0 Å². The number of nitrogens with zero attached hydrogens (tertiary/aromatic N) is 2. The van der Waals surface area contributed by atoms with Gasteiger partial charge in [-0.1, -0.05) is 0 Å². The van der Waals surface area contributed by atoms with E-state index in [0.717, 1.165) is 17.0 Å². The summed E-state index contributed by atoms with van der Waals surface area (Å²) in [7, 11) is 1.80. The van der Waals surface area contributed by atoms with Crippen LogP contribution in [0.25, 0.3) is 0 Å². The lowest BCUT2D eigenvalue weighted by atomic mass is 10.1. The first-order valence-electron chi connectivity index (χ1n) is 6.79. The first kappa shape index (κ1) is 15.0. The minimum atomic E-state index is -0.211. The number of nitrogens with one attached hydrogen (secondary N) is 2. The van der Waals surface area contributed by atoms with Gasteiger partial charge in [0.25, 0.3) is 11.5 Å². The highest BCUT2D eigenvalue weighted by Crippen LogP contribution is 2.12. The predicted molar refractivity (Wildman–Crippen MR) is 80.4 cm³/mol. The number of aromatic nitrogens is 3. The van der Waals surface area contributed by atoms with Crippen LogP contribution in [0.2, 0.25) is 0 Å². The third kappa shape index (κ3) is 2.89. The van der Waals surface area contributed by atoms with Crippen LogP contribution in [-0.2, 0) is 13.6 Å². The van der Waals surface area contributed by atoms with Crippen LogP contribution in [0.1, 0.15) is 38.6 Å². The summed E-state index contributed by atoms with van der Waals surface area (Å²) in [5.74, 6) is -0.211. The summed E-state index contributed by atoms with van der Waals surface area (Å²) in [5, 5.41) is 7.02. The third-order valence-electron chi connectivity index (χ3n) is 3.66. The van der Waals surface area contributed by atoms with Crippen molar-refractivity contribution in [3.05, 3.63) is 50.2 Å². The van der Waals surface area contributed by atoms with Crippen LogP contribution in [0.3, 0.4) is 0 Å². The van der Waals surface area contributed by atoms with Gasteiger partial charge in [-0.3, -0.25) is 14.3 Å². The summed E-state index contributed by atoms with van der Waals surface area (Å²) in [6.07, 6.45) is 0. The molecule has 112 valence electrons. The van der Waals surface area contributed by atoms with Gasteiger partial charge in [0.05, 0.1) is 11.3 Å². The van der Waals surface area contributed by atoms with Gasteiger partial charge >= 0.3 is 0 Å². The molecule has 0 atom stereocenters. The number of carbonyl (C=O) groups excluding carboxylic acids is 1. The zero-order valence-corrected chi connectivity index (χ0v) is 13.0. The molecule has 2 aromatic rings. The van der Waals surface area contributed by atoms with Gasteiger partial charge in [0.15, 0.2) is 0 Å². The van der Waals surface area contributed by atoms with Crippen LogP contribution in [0.15, 0.2) is 10.9 Å². The van der Waals surface area contributed by atoms with E-state index in [1.54, 1.807) is 18.7 Å². The molecule has 0 bridgehead atoms. The number of carbonyl (C=O) groups is 1. The summed E-state index contributed by atoms with van der Waals surface area (Å²) in [5.41, 5.74) is 4.16. The number of amides is 1. The second-order valence-electron chi connectivity index (χ2n) is 5.30. The first-order chi connectivity index (χ1) is 9.81. The van der Waals surface area contributed by atoms with E-state index in [2.05, 4.69) is 15.4 Å². The van der Waals surface area contributed by atoms with Crippen LogP contribution in [0, 0.1) is 27.7 Å². The standard InChI is InChI=1S/C15H20N4O2/c1-8-6-9(2)17-14(20)12(8)7-16-15(21)13-10(3)18-19(5)11(13)4/h6H,7H2,1-5H3,(H,16,21)(H,17,20). The van der Waals surface area contributed by atoms with E-state index in [1.165, 1.54) is 0 Å². The number of rotatable bonds is 3. The number of aromatic amines is 1. The maximum Gasteiger partial charge on any atom is 0.255 e. The van der Waals surface area contributed by atoms with Crippen LogP contribution in [0.4, 0.5) is 0 Å². The van der Waals surface area contributed by atoms with Crippen molar-refractivity contribution in [3.63, 3.8) is 0 Å². The Bertz CT molecular complexity index is 756. The second-order valence-corrected chi connectivity index (χ2v) is 5.30. The first-order valence-corrected chi connectivity index (χ1v) is 6.79. The lowest BCUT2D eigenvalue weighted by Crippen LogP contribution is -2.28. The molecule has 0 radical (unpaired) electrons. The Morgan fingerprint density at radius 2 is 2.00 bits per heavy atom. The third-order valence-corrected chi connectivity index (χ3v) is 3.66. The molecule has 6 heteroatoms. The van der Waals surface area contributed by atoms with Gasteiger partial charge in [0, 0.05) is 30.5 Å². The summed E-state index contributed by atoms with van der Waals surface area (Å²) >= 11 is 0. The highest BCUT2D eigenvalue weighted by atomic mass is 16.2. The van der Waals surface area contributed by atoms with Crippen LogP contribution >= 0.6 is 0 Å². The fourth-order valence-corrected chi connectivity index (χ4v) is 2.46. The minimum absolute atomic E-state index is 0.160. The Balaban J connectivity index is 2.21. The normalized spacial score (nSPS) is 10.7. The average molecular weight is 288 g/mol. The Labute approximate surface area is 123 Å². The molecular formula is C15H20N4O2. The fraction of sp³-hybridized carbons (Fsp3) is 0.400. The van der Waals surface area contributed by atoms with Crippen LogP contribution in [-0.4, -0.2) is 20.7 Å². The average Bonchev–Trinajstić information content (AvgIpc) is 2.61. The van der Waals surface area contributed by atoms with Gasteiger partial charge in [0.2, 0.25) is 0 Å². The lowest BCUT2D eigenvalue weighted by molar-refractivity contribution is 0.0949. The minimum Gasteiger partial charge on any atom is -0.348 e. The SMILES string of the molecule is Cc1cc(C)c(CNC(=O)c2c(C)nn(C)c2C)c(=O)[nH]1. The molecule has 2 rings (SSSR count). The Morgan fingerprint density at radius 3 is 2.52 bits per heavy atom. The van der Waals surface area contributed by atoms with E-state index in [4.69, 9.17) is 0 Å². The van der Waals surface area contributed by atoms with Crippen molar-refractivity contribution in [1.29, 1.82) is 0 Å². The monoisotopic (exact) mass is 288 g/mol. The van der Waals surface area contributed by atoms with Crippen LogP contribution < -0.4 is 10.9 Å². The highest BCUT2D eigenvalue weighted by molar-refractivity contribution is 5.96. The molecule has 0 spiro atoms. The maximum absolute atomic E-state index is 12.3. The molecule has 0 unspecified atom stereocenters. The molecule has 0 aliphatic heterocycles. The van der Waals surface area contributed by atoms with Crippen molar-refractivity contribution in [2.75, 3.05) is 0 Å². The van der Waals surface area contributed by atoms with E-state index in [-0.39, 0.29) is 18.0 Å². The number of pyridine rings is 1. The van der Waals surface area contributed by atoms with Gasteiger partial charge < -0.3 is 10.3 Å². The number of H-pyrrole nitrogens is 1. The van der Waals surface area contributed by atoms with Crippen molar-refractivity contribution in [2.24, 2.45) is 7.05 Å². The molecule has 2 aromatic heterocycles. The van der Waals surface area contributed by atoms with E-state index in [9.17, 15) is 9.59 Å². The second kappa shape index (κ2) is 5.55. The maximum atomic E-state index is 12.3. The zero-order chi connectivity index (χ0) is 15.7. The van der Waals surface area contributed by atoms with E-state index in [0.29, 0.717) is 16.8 Å². The molecule has 0 aliphatic rings. The molecule has 0 aliphatic carbocycles. The van der Waals surface area contributed by atoms with Gasteiger partial charge in [-0.25, -0.2) is 0 Å². The molecule has 21 heavy (non-hydrogen) atoms. The number of hydrogen-bond donors (Lipinski definition) is 2. The zero-order valence-electron chi connectivity index (χ0n) is 13.0. The quantitative estimate of drug-likeness (QED) is 0.892. The summed E-state index contributed by atoms with van der Waals surface area (Å²) in [6.45, 7) is 7.54. The predicted octanol–water partition coefficient (Wildman–Crippen LogP) is 1.27. The fourth-order valence-electron chi connectivity index (χ4n) is 2.46. The highest BCUT2D eigenvalue weighted by Gasteiger charge is 2.17. The Kier molecular flexibility index (Phi) is 3.97. The van der Waals surface area contributed by atoms with Crippen LogP contribution in [0.5, 0.6) is 0 Å². The lowest BCUT2D eigenvalue weighted by Gasteiger charge is -2.08. The van der Waals surface area contributed by atoms with Gasteiger partial charge in [0.1, 0.15) is 0 Å². The van der Waals surface area contributed by atoms with Gasteiger partial charge in [-0.2, -0.15) is 5.10 Å². The van der Waals surface area contributed by atoms with Gasteiger partial charge in [-0.05, 0) is 39.3 Å². The topological polar surface area (TPSA) is 79.8 Å². The molecule has 1 amide bonds. The molecule has 0 aromatic carbocycles. The largest absolute Gasteiger partial charge is 0.348 e. The van der Waals surface area contributed by atoms with Crippen molar-refractivity contribution in [1.82, 2.24) is 20.1 Å². The molecule has 0 saturated carbocycles. The Hall–Kier alpha value is -2.37. The summed E-state index contributed by atoms with van der Waals surface area (Å²) in [6, 6.07) is 1.89. The van der Waals surface area contributed by atoms with Crippen molar-refractivity contribution >= 4 is 5.91 Å². The molecule has 6 nitrogen and oxygen atoms in total. The summed E-state index contributed by atoms with van der Waals surface area (Å²) < 4.78 is 1.67. The number of hydrogen-bond acceptors (Lipinski definition) is 3. The van der Waals surface area contributed by atoms with Crippen molar-refractivity contribution in [2.45, 2.75) is 34.2 Å². The van der Waals surface area contributed by atoms with Crippen molar-refractivity contribution < 1.29 is 4.79 Å². The summed E-state index contributed by atoms with van der Waals surface area (Å²) in [4.78, 5) is 27.0. The van der Waals surface area contributed by atoms with E-state index >= 15 is 0 Å². The van der Waals surface area contributed by atoms with Gasteiger partial charge in [-0.15, -0.1) is 0 Å². The molecule has 0 saturated heterocycles. The molecule has 2 heterocycles. The van der Waals surface area contributed by atoms with E-state index in [1.807, 2.05) is 26.8 Å². The molecular weight excluding hydrogens is 268 g/mol. The Morgan fingerprint density at radius 1 is 1.33 bits per heavy atom. The van der Waals surface area contributed by atoms with Crippen molar-refractivity contribution in [3.8, 4) is 0 Å².